The maximum absolute atomic E-state index is 11.8. The van der Waals surface area contributed by atoms with Crippen LogP contribution in [0.1, 0.15) is 5.56 Å². The van der Waals surface area contributed by atoms with Crippen molar-refractivity contribution in [2.24, 2.45) is 4.99 Å². The van der Waals surface area contributed by atoms with Gasteiger partial charge in [-0.1, -0.05) is 18.2 Å². The van der Waals surface area contributed by atoms with Gasteiger partial charge in [0.25, 0.3) is 5.91 Å². The van der Waals surface area contributed by atoms with Gasteiger partial charge in [0.05, 0.1) is 12.1 Å². The number of allylic oxidation sites excluding steroid dienone is 1. The summed E-state index contributed by atoms with van der Waals surface area (Å²) in [4.78, 5) is 15.8. The van der Waals surface area contributed by atoms with Crippen molar-refractivity contribution < 1.29 is 4.79 Å². The number of hydrogen-bond donors (Lipinski definition) is 2. The van der Waals surface area contributed by atoms with E-state index in [1.807, 2.05) is 30.3 Å². The second-order valence-corrected chi connectivity index (χ2v) is 3.88. The molecular weight excluding hydrogens is 214 g/mol. The van der Waals surface area contributed by atoms with Gasteiger partial charge in [-0.3, -0.25) is 9.79 Å². The zero-order valence-electron chi connectivity index (χ0n) is 9.10. The van der Waals surface area contributed by atoms with Crippen LogP contribution in [0, 0.1) is 0 Å². The average molecular weight is 225 g/mol. The van der Waals surface area contributed by atoms with Crippen LogP contribution in [-0.4, -0.2) is 18.7 Å². The molecule has 2 aliphatic heterocycles. The number of carbonyl (C=O) groups excluding carboxylic acids is 1. The van der Waals surface area contributed by atoms with E-state index < -0.39 is 0 Å². The fourth-order valence-electron chi connectivity index (χ4n) is 1.89. The fourth-order valence-corrected chi connectivity index (χ4v) is 1.89. The molecule has 0 bridgehead atoms. The Morgan fingerprint density at radius 1 is 1.35 bits per heavy atom. The third-order valence-corrected chi connectivity index (χ3v) is 2.75. The summed E-state index contributed by atoms with van der Waals surface area (Å²) >= 11 is 0. The first kappa shape index (κ1) is 9.84. The highest BCUT2D eigenvalue weighted by molar-refractivity contribution is 6.31. The number of para-hydroxylation sites is 1. The quantitative estimate of drug-likeness (QED) is 0.750. The van der Waals surface area contributed by atoms with Gasteiger partial charge < -0.3 is 10.6 Å². The fraction of sp³-hybridized carbons (Fsp3) is 0.0769. The van der Waals surface area contributed by atoms with E-state index in [9.17, 15) is 4.79 Å². The SMILES string of the molecule is O=C1Nc2ccccc2C1=CNC1=CC=NC1. The van der Waals surface area contributed by atoms with E-state index in [0.717, 1.165) is 16.9 Å². The molecule has 0 fully saturated rings. The number of benzene rings is 1. The summed E-state index contributed by atoms with van der Waals surface area (Å²) in [7, 11) is 0. The lowest BCUT2D eigenvalue weighted by Gasteiger charge is -2.01. The predicted octanol–water partition coefficient (Wildman–Crippen LogP) is 1.54. The molecule has 1 aromatic carbocycles. The van der Waals surface area contributed by atoms with Crippen LogP contribution in [0.5, 0.6) is 0 Å². The first-order chi connectivity index (χ1) is 8.34. The summed E-state index contributed by atoms with van der Waals surface area (Å²) in [6, 6.07) is 7.65. The van der Waals surface area contributed by atoms with Crippen LogP contribution in [0.15, 0.2) is 47.2 Å². The van der Waals surface area contributed by atoms with Gasteiger partial charge in [-0.15, -0.1) is 0 Å². The van der Waals surface area contributed by atoms with Crippen LogP contribution >= 0.6 is 0 Å². The molecule has 0 saturated carbocycles. The third-order valence-electron chi connectivity index (χ3n) is 2.75. The minimum Gasteiger partial charge on any atom is -0.363 e. The van der Waals surface area contributed by atoms with Crippen LogP contribution in [-0.2, 0) is 4.79 Å². The van der Waals surface area contributed by atoms with E-state index >= 15 is 0 Å². The molecule has 0 aromatic heterocycles. The first-order valence-corrected chi connectivity index (χ1v) is 5.41. The summed E-state index contributed by atoms with van der Waals surface area (Å²) in [5, 5.41) is 5.93. The van der Waals surface area contributed by atoms with E-state index in [0.29, 0.717) is 12.1 Å². The Labute approximate surface area is 98.8 Å². The maximum atomic E-state index is 11.8. The van der Waals surface area contributed by atoms with Gasteiger partial charge in [0.2, 0.25) is 0 Å². The minimum atomic E-state index is -0.0711. The average Bonchev–Trinajstić information content (AvgIpc) is 2.93. The molecule has 84 valence electrons. The van der Waals surface area contributed by atoms with Gasteiger partial charge in [0.15, 0.2) is 0 Å². The number of amides is 1. The number of anilines is 1. The molecular formula is C13H11N3O. The lowest BCUT2D eigenvalue weighted by Crippen LogP contribution is -2.10. The second kappa shape index (κ2) is 3.90. The number of carbonyl (C=O) groups is 1. The molecule has 0 radical (unpaired) electrons. The Bertz CT molecular complexity index is 570. The van der Waals surface area contributed by atoms with Crippen LogP contribution in [0.3, 0.4) is 0 Å². The Morgan fingerprint density at radius 3 is 3.06 bits per heavy atom. The summed E-state index contributed by atoms with van der Waals surface area (Å²) in [5.74, 6) is -0.0711. The van der Waals surface area contributed by atoms with Crippen molar-refractivity contribution in [2.45, 2.75) is 0 Å². The van der Waals surface area contributed by atoms with Gasteiger partial charge in [0.1, 0.15) is 0 Å². The predicted molar refractivity (Wildman–Crippen MR) is 67.6 cm³/mol. The molecule has 0 saturated heterocycles. The van der Waals surface area contributed by atoms with E-state index in [4.69, 9.17) is 0 Å². The topological polar surface area (TPSA) is 53.5 Å². The molecule has 0 aliphatic carbocycles. The molecule has 3 rings (SSSR count). The molecule has 0 unspecified atom stereocenters. The molecule has 0 atom stereocenters. The number of hydrogen-bond acceptors (Lipinski definition) is 3. The Kier molecular flexibility index (Phi) is 2.26. The lowest BCUT2D eigenvalue weighted by atomic mass is 10.1. The van der Waals surface area contributed by atoms with E-state index in [2.05, 4.69) is 15.6 Å². The monoisotopic (exact) mass is 225 g/mol. The van der Waals surface area contributed by atoms with Gasteiger partial charge in [-0.25, -0.2) is 0 Å². The van der Waals surface area contributed by atoms with Crippen molar-refractivity contribution in [3.05, 3.63) is 47.8 Å². The maximum Gasteiger partial charge on any atom is 0.257 e. The van der Waals surface area contributed by atoms with Crippen molar-refractivity contribution in [3.8, 4) is 0 Å². The highest BCUT2D eigenvalue weighted by atomic mass is 16.2. The standard InChI is InChI=1S/C13H11N3O/c17-13-11(8-15-9-5-6-14-7-9)10-3-1-2-4-12(10)16-13/h1-6,8,15H,7H2,(H,16,17). The molecule has 1 aromatic rings. The molecule has 4 nitrogen and oxygen atoms in total. The van der Waals surface area contributed by atoms with Gasteiger partial charge in [-0.2, -0.15) is 0 Å². The normalized spacial score (nSPS) is 19.2. The minimum absolute atomic E-state index is 0.0711. The van der Waals surface area contributed by atoms with E-state index in [1.54, 1.807) is 12.4 Å². The van der Waals surface area contributed by atoms with Crippen molar-refractivity contribution in [3.63, 3.8) is 0 Å². The molecule has 2 heterocycles. The molecule has 17 heavy (non-hydrogen) atoms. The lowest BCUT2D eigenvalue weighted by molar-refractivity contribution is -0.110. The first-order valence-electron chi connectivity index (χ1n) is 5.41. The summed E-state index contributed by atoms with van der Waals surface area (Å²) in [5.41, 5.74) is 3.45. The highest BCUT2D eigenvalue weighted by Crippen LogP contribution is 2.30. The zero-order valence-corrected chi connectivity index (χ0v) is 9.10. The number of fused-ring (bicyclic) bond motifs is 1. The van der Waals surface area contributed by atoms with Gasteiger partial charge in [0, 0.05) is 29.4 Å². The molecule has 2 N–H and O–H groups in total. The van der Waals surface area contributed by atoms with E-state index in [-0.39, 0.29) is 5.91 Å². The van der Waals surface area contributed by atoms with Crippen molar-refractivity contribution in [1.29, 1.82) is 0 Å². The van der Waals surface area contributed by atoms with Crippen LogP contribution in [0.4, 0.5) is 5.69 Å². The number of aliphatic imine (C=N–C) groups is 1. The van der Waals surface area contributed by atoms with Crippen molar-refractivity contribution in [1.82, 2.24) is 5.32 Å². The molecule has 0 spiro atoms. The Hall–Kier alpha value is -2.36. The largest absolute Gasteiger partial charge is 0.363 e. The van der Waals surface area contributed by atoms with Crippen molar-refractivity contribution in [2.75, 3.05) is 11.9 Å². The van der Waals surface area contributed by atoms with E-state index in [1.165, 1.54) is 0 Å². The van der Waals surface area contributed by atoms with Gasteiger partial charge in [-0.05, 0) is 12.1 Å². The van der Waals surface area contributed by atoms with Crippen molar-refractivity contribution >= 4 is 23.4 Å². The zero-order chi connectivity index (χ0) is 11.7. The van der Waals surface area contributed by atoms with Crippen LogP contribution < -0.4 is 10.6 Å². The molecule has 4 heteroatoms. The van der Waals surface area contributed by atoms with Crippen LogP contribution in [0.2, 0.25) is 0 Å². The summed E-state index contributed by atoms with van der Waals surface area (Å²) in [6.45, 7) is 0.646. The molecule has 1 amide bonds. The van der Waals surface area contributed by atoms with Gasteiger partial charge >= 0.3 is 0 Å². The molecule has 2 aliphatic rings. The highest BCUT2D eigenvalue weighted by Gasteiger charge is 2.23. The number of nitrogens with one attached hydrogen (secondary N) is 2. The van der Waals surface area contributed by atoms with Crippen LogP contribution in [0.25, 0.3) is 5.57 Å². The summed E-state index contributed by atoms with van der Waals surface area (Å²) < 4.78 is 0. The Morgan fingerprint density at radius 2 is 2.24 bits per heavy atom. The third kappa shape index (κ3) is 1.73. The second-order valence-electron chi connectivity index (χ2n) is 3.88. The Balaban J connectivity index is 1.87. The number of rotatable bonds is 2. The summed E-state index contributed by atoms with van der Waals surface area (Å²) in [6.07, 6.45) is 5.39. The number of nitrogens with zero attached hydrogens (tertiary/aromatic N) is 1. The smallest absolute Gasteiger partial charge is 0.257 e.